The molecule has 0 aliphatic carbocycles. The second-order valence-corrected chi connectivity index (χ2v) is 11.9. The largest absolute Gasteiger partial charge is 0.372 e. The van der Waals surface area contributed by atoms with Crippen LogP contribution in [0.15, 0.2) is 58.5 Å². The quantitative estimate of drug-likeness (QED) is 0.179. The van der Waals surface area contributed by atoms with Crippen molar-refractivity contribution in [1.29, 1.82) is 0 Å². The number of hydrogen-bond acceptors (Lipinski definition) is 5. The molecule has 1 aliphatic rings. The van der Waals surface area contributed by atoms with Gasteiger partial charge in [0.05, 0.1) is 28.1 Å². The average molecular weight is 546 g/mol. The van der Waals surface area contributed by atoms with Crippen LogP contribution >= 0.6 is 46.3 Å². The highest BCUT2D eigenvalue weighted by Crippen LogP contribution is 2.36. The molecule has 4 nitrogen and oxygen atoms in total. The number of benzene rings is 2. The van der Waals surface area contributed by atoms with Gasteiger partial charge in [0, 0.05) is 23.6 Å². The fourth-order valence-electron chi connectivity index (χ4n) is 4.34. The highest BCUT2D eigenvalue weighted by Gasteiger charge is 2.28. The standard InChI is InChI=1S/C27H26Cl2N2O2S2/c1-16(2)22-13-19-23(14-33-22)35-25-24(19)26(32)31(11-10-17-6-4-3-5-7-17)27(30-25)34-15-18-8-9-20(28)21(29)12-18/h3-9,12,16,22H,10-11,13-15H2,1-2H3. The summed E-state index contributed by atoms with van der Waals surface area (Å²) in [5.41, 5.74) is 3.40. The molecule has 0 spiro atoms. The molecule has 1 aliphatic heterocycles. The molecule has 0 saturated carbocycles. The lowest BCUT2D eigenvalue weighted by Crippen LogP contribution is -2.29. The van der Waals surface area contributed by atoms with E-state index in [0.29, 0.717) is 34.9 Å². The topological polar surface area (TPSA) is 44.1 Å². The Morgan fingerprint density at radius 3 is 2.69 bits per heavy atom. The van der Waals surface area contributed by atoms with Gasteiger partial charge in [-0.15, -0.1) is 11.3 Å². The number of aryl methyl sites for hydroxylation is 1. The van der Waals surface area contributed by atoms with Gasteiger partial charge in [0.1, 0.15) is 4.83 Å². The van der Waals surface area contributed by atoms with E-state index in [2.05, 4.69) is 26.0 Å². The Bertz CT molecular complexity index is 1420. The maximum Gasteiger partial charge on any atom is 0.263 e. The van der Waals surface area contributed by atoms with Gasteiger partial charge in [0.15, 0.2) is 5.16 Å². The zero-order valence-corrected chi connectivity index (χ0v) is 22.7. The van der Waals surface area contributed by atoms with E-state index in [1.807, 2.05) is 34.9 Å². The number of thioether (sulfide) groups is 1. The van der Waals surface area contributed by atoms with E-state index in [4.69, 9.17) is 32.9 Å². The minimum Gasteiger partial charge on any atom is -0.372 e. The molecule has 0 bridgehead atoms. The molecule has 182 valence electrons. The van der Waals surface area contributed by atoms with Gasteiger partial charge in [0.2, 0.25) is 0 Å². The van der Waals surface area contributed by atoms with Crippen molar-refractivity contribution in [1.82, 2.24) is 9.55 Å². The first-order valence-electron chi connectivity index (χ1n) is 11.7. The maximum absolute atomic E-state index is 13.9. The van der Waals surface area contributed by atoms with Crippen molar-refractivity contribution in [2.45, 2.75) is 56.9 Å². The molecule has 4 aromatic rings. The molecule has 2 aromatic heterocycles. The Hall–Kier alpha value is -1.83. The van der Waals surface area contributed by atoms with E-state index in [0.717, 1.165) is 44.2 Å². The molecule has 0 radical (unpaired) electrons. The number of nitrogens with zero attached hydrogens (tertiary/aromatic N) is 2. The monoisotopic (exact) mass is 544 g/mol. The molecule has 8 heteroatoms. The van der Waals surface area contributed by atoms with Gasteiger partial charge in [-0.25, -0.2) is 4.98 Å². The Morgan fingerprint density at radius 1 is 1.14 bits per heavy atom. The van der Waals surface area contributed by atoms with Crippen molar-refractivity contribution < 1.29 is 4.74 Å². The van der Waals surface area contributed by atoms with Gasteiger partial charge in [-0.3, -0.25) is 9.36 Å². The average Bonchev–Trinajstić information content (AvgIpc) is 3.22. The van der Waals surface area contributed by atoms with Crippen molar-refractivity contribution in [2.24, 2.45) is 5.92 Å². The number of ether oxygens (including phenoxy) is 1. The fourth-order valence-corrected chi connectivity index (χ4v) is 6.79. The SMILES string of the molecule is CC(C)C1Cc2c(sc3nc(SCc4ccc(Cl)c(Cl)c4)n(CCc4ccccc4)c(=O)c23)CO1. The van der Waals surface area contributed by atoms with E-state index < -0.39 is 0 Å². The normalized spacial score (nSPS) is 15.6. The third kappa shape index (κ3) is 5.32. The summed E-state index contributed by atoms with van der Waals surface area (Å²) in [5.74, 6) is 1.04. The molecule has 0 saturated heterocycles. The first-order valence-corrected chi connectivity index (χ1v) is 14.2. The molecule has 2 aromatic carbocycles. The highest BCUT2D eigenvalue weighted by atomic mass is 35.5. The predicted molar refractivity (Wildman–Crippen MR) is 147 cm³/mol. The number of aromatic nitrogens is 2. The van der Waals surface area contributed by atoms with E-state index in [-0.39, 0.29) is 11.7 Å². The molecular formula is C27H26Cl2N2O2S2. The molecule has 5 rings (SSSR count). The van der Waals surface area contributed by atoms with Crippen LogP contribution in [0.4, 0.5) is 0 Å². The molecule has 3 heterocycles. The lowest BCUT2D eigenvalue weighted by atomic mass is 9.96. The van der Waals surface area contributed by atoms with E-state index in [9.17, 15) is 4.79 Å². The van der Waals surface area contributed by atoms with Crippen LogP contribution in [0.2, 0.25) is 10.0 Å². The van der Waals surface area contributed by atoms with Crippen LogP contribution in [0.1, 0.15) is 35.4 Å². The van der Waals surface area contributed by atoms with Crippen LogP contribution in [0.25, 0.3) is 10.2 Å². The Balaban J connectivity index is 1.53. The summed E-state index contributed by atoms with van der Waals surface area (Å²) in [6.07, 6.45) is 1.65. The van der Waals surface area contributed by atoms with Crippen molar-refractivity contribution in [2.75, 3.05) is 0 Å². The molecular weight excluding hydrogens is 519 g/mol. The van der Waals surface area contributed by atoms with Crippen LogP contribution in [0.3, 0.4) is 0 Å². The Kier molecular flexibility index (Phi) is 7.56. The van der Waals surface area contributed by atoms with Crippen LogP contribution in [-0.4, -0.2) is 15.7 Å². The lowest BCUT2D eigenvalue weighted by molar-refractivity contribution is 0.00200. The molecule has 0 fully saturated rings. The van der Waals surface area contributed by atoms with Gasteiger partial charge in [-0.1, -0.05) is 85.2 Å². The van der Waals surface area contributed by atoms with Gasteiger partial charge >= 0.3 is 0 Å². The molecule has 35 heavy (non-hydrogen) atoms. The Labute approximate surface area is 223 Å². The second kappa shape index (κ2) is 10.7. The molecule has 1 unspecified atom stereocenters. The second-order valence-electron chi connectivity index (χ2n) is 9.11. The smallest absolute Gasteiger partial charge is 0.263 e. The summed E-state index contributed by atoms with van der Waals surface area (Å²) < 4.78 is 7.92. The predicted octanol–water partition coefficient (Wildman–Crippen LogP) is 7.40. The number of halogens is 2. The van der Waals surface area contributed by atoms with Crippen LogP contribution in [-0.2, 0) is 36.5 Å². The van der Waals surface area contributed by atoms with E-state index >= 15 is 0 Å². The van der Waals surface area contributed by atoms with Crippen molar-refractivity contribution in [3.63, 3.8) is 0 Å². The Morgan fingerprint density at radius 2 is 1.94 bits per heavy atom. The third-order valence-electron chi connectivity index (χ3n) is 6.36. The van der Waals surface area contributed by atoms with E-state index in [1.54, 1.807) is 29.2 Å². The van der Waals surface area contributed by atoms with Crippen molar-refractivity contribution >= 4 is 56.5 Å². The van der Waals surface area contributed by atoms with Crippen LogP contribution in [0.5, 0.6) is 0 Å². The summed E-state index contributed by atoms with van der Waals surface area (Å²) in [6.45, 7) is 5.45. The zero-order valence-electron chi connectivity index (χ0n) is 19.6. The summed E-state index contributed by atoms with van der Waals surface area (Å²) in [7, 11) is 0. The summed E-state index contributed by atoms with van der Waals surface area (Å²) in [6, 6.07) is 15.9. The van der Waals surface area contributed by atoms with Gasteiger partial charge in [-0.2, -0.15) is 0 Å². The van der Waals surface area contributed by atoms with Crippen LogP contribution in [0, 0.1) is 5.92 Å². The molecule has 0 amide bonds. The fraction of sp³-hybridized carbons (Fsp3) is 0.333. The van der Waals surface area contributed by atoms with Crippen molar-refractivity contribution in [3.8, 4) is 0 Å². The summed E-state index contributed by atoms with van der Waals surface area (Å²) in [4.78, 5) is 20.9. The van der Waals surface area contributed by atoms with Crippen LogP contribution < -0.4 is 5.56 Å². The van der Waals surface area contributed by atoms with Gasteiger partial charge in [0.25, 0.3) is 5.56 Å². The van der Waals surface area contributed by atoms with Gasteiger partial charge < -0.3 is 4.74 Å². The first-order chi connectivity index (χ1) is 16.9. The number of hydrogen-bond donors (Lipinski definition) is 0. The summed E-state index contributed by atoms with van der Waals surface area (Å²) in [5, 5.41) is 2.56. The summed E-state index contributed by atoms with van der Waals surface area (Å²) >= 11 is 15.4. The van der Waals surface area contributed by atoms with Crippen molar-refractivity contribution in [3.05, 3.63) is 90.5 Å². The van der Waals surface area contributed by atoms with E-state index in [1.165, 1.54) is 5.56 Å². The lowest BCUT2D eigenvalue weighted by Gasteiger charge is -2.26. The minimum absolute atomic E-state index is 0.0458. The number of rotatable bonds is 7. The third-order valence-corrected chi connectivity index (χ3v) is 9.24. The molecule has 0 N–H and O–H groups in total. The maximum atomic E-state index is 13.9. The number of thiophene rings is 1. The minimum atomic E-state index is 0.0458. The number of fused-ring (bicyclic) bond motifs is 3. The molecule has 1 atom stereocenters. The zero-order chi connectivity index (χ0) is 24.5. The van der Waals surface area contributed by atoms with Gasteiger partial charge in [-0.05, 0) is 41.2 Å². The first kappa shape index (κ1) is 24.8. The highest BCUT2D eigenvalue weighted by molar-refractivity contribution is 7.98.